The standard InChI is InChI=1S/C26H21N2O.C18H24NSi.Ir/c1-15-10-11-27-23(14-15)21-7-5-6-19-20-8-9-22(28-26(20)29-25(19)21)24-17(3)12-16(2)13-18(24)4;1-14(2)11-16-12-17(15-9-7-6-8-10-15)19-13-18(16)20(3,4)5;/h5-6,8-14H,1-4H3;6-9,12-14H,11H2,1-5H3;/q2*-1;. The zero-order valence-electron chi connectivity index (χ0n) is 30.5. The van der Waals surface area contributed by atoms with Gasteiger partial charge < -0.3 is 14.4 Å². The Kier molecular flexibility index (Phi) is 11.4. The van der Waals surface area contributed by atoms with Crippen LogP contribution in [0.1, 0.15) is 41.7 Å². The van der Waals surface area contributed by atoms with Crippen molar-refractivity contribution in [3.05, 3.63) is 131 Å². The van der Waals surface area contributed by atoms with Crippen LogP contribution in [0.5, 0.6) is 0 Å². The van der Waals surface area contributed by atoms with Gasteiger partial charge in [0.15, 0.2) is 0 Å². The molecule has 4 heterocycles. The van der Waals surface area contributed by atoms with E-state index in [1.165, 1.54) is 33.0 Å². The molecule has 3 aromatic carbocycles. The molecule has 0 atom stereocenters. The van der Waals surface area contributed by atoms with E-state index in [1.807, 2.05) is 42.6 Å². The Morgan fingerprint density at radius 1 is 0.740 bits per heavy atom. The van der Waals surface area contributed by atoms with Crippen LogP contribution in [-0.4, -0.2) is 23.0 Å². The minimum Gasteiger partial charge on any atom is -0.486 e. The molecule has 0 spiro atoms. The molecule has 6 heteroatoms. The number of aryl methyl sites for hydroxylation is 4. The molecule has 0 amide bonds. The molecule has 4 aromatic heterocycles. The summed E-state index contributed by atoms with van der Waals surface area (Å²) in [6.07, 6.45) is 5.06. The second-order valence-corrected chi connectivity index (χ2v) is 19.6. The van der Waals surface area contributed by atoms with Crippen molar-refractivity contribution in [2.45, 2.75) is 67.6 Å². The first-order valence-electron chi connectivity index (χ1n) is 17.1. The van der Waals surface area contributed by atoms with Gasteiger partial charge >= 0.3 is 0 Å². The molecule has 0 aliphatic heterocycles. The third kappa shape index (κ3) is 8.05. The summed E-state index contributed by atoms with van der Waals surface area (Å²) in [4.78, 5) is 14.1. The molecule has 0 bridgehead atoms. The van der Waals surface area contributed by atoms with Crippen molar-refractivity contribution in [2.75, 3.05) is 0 Å². The molecule has 50 heavy (non-hydrogen) atoms. The summed E-state index contributed by atoms with van der Waals surface area (Å²) in [5, 5.41) is 3.54. The van der Waals surface area contributed by atoms with Gasteiger partial charge in [-0.05, 0) is 85.9 Å². The van der Waals surface area contributed by atoms with E-state index in [1.54, 1.807) is 0 Å². The fraction of sp³-hybridized carbons (Fsp3) is 0.250. The average Bonchev–Trinajstić information content (AvgIpc) is 3.42. The van der Waals surface area contributed by atoms with E-state index < -0.39 is 8.07 Å². The third-order valence-electron chi connectivity index (χ3n) is 8.81. The first kappa shape index (κ1) is 37.0. The molecule has 257 valence electrons. The maximum atomic E-state index is 6.26. The van der Waals surface area contributed by atoms with Gasteiger partial charge in [-0.25, -0.2) is 4.98 Å². The zero-order chi connectivity index (χ0) is 34.9. The molecule has 0 aliphatic carbocycles. The summed E-state index contributed by atoms with van der Waals surface area (Å²) < 4.78 is 6.26. The van der Waals surface area contributed by atoms with E-state index in [0.29, 0.717) is 11.6 Å². The van der Waals surface area contributed by atoms with Crippen molar-refractivity contribution in [1.82, 2.24) is 15.0 Å². The summed E-state index contributed by atoms with van der Waals surface area (Å²) >= 11 is 0. The fourth-order valence-corrected chi connectivity index (χ4v) is 8.28. The van der Waals surface area contributed by atoms with Crippen LogP contribution in [0.25, 0.3) is 55.8 Å². The predicted molar refractivity (Wildman–Crippen MR) is 208 cm³/mol. The smallest absolute Gasteiger partial charge is 0.216 e. The van der Waals surface area contributed by atoms with Crippen molar-refractivity contribution in [3.63, 3.8) is 0 Å². The normalized spacial score (nSPS) is 11.4. The van der Waals surface area contributed by atoms with E-state index in [-0.39, 0.29) is 20.1 Å². The Balaban J connectivity index is 0.000000204. The van der Waals surface area contributed by atoms with Crippen molar-refractivity contribution >= 4 is 35.3 Å². The number of nitrogens with zero attached hydrogens (tertiary/aromatic N) is 3. The van der Waals surface area contributed by atoms with Crippen LogP contribution < -0.4 is 5.19 Å². The van der Waals surface area contributed by atoms with Gasteiger partial charge in [-0.3, -0.25) is 0 Å². The number of pyridine rings is 3. The Hall–Kier alpha value is -4.22. The molecular formula is C44H45IrN3OSi-2. The van der Waals surface area contributed by atoms with Crippen LogP contribution in [0.3, 0.4) is 0 Å². The number of fused-ring (bicyclic) bond motifs is 3. The number of aromatic nitrogens is 3. The summed E-state index contributed by atoms with van der Waals surface area (Å²) in [6.45, 7) is 20.2. The Bertz CT molecular complexity index is 2250. The van der Waals surface area contributed by atoms with Crippen LogP contribution in [0, 0.1) is 45.7 Å². The van der Waals surface area contributed by atoms with Crippen molar-refractivity contribution in [2.24, 2.45) is 5.92 Å². The van der Waals surface area contributed by atoms with E-state index in [0.717, 1.165) is 56.5 Å². The van der Waals surface area contributed by atoms with Crippen LogP contribution in [0.2, 0.25) is 19.6 Å². The predicted octanol–water partition coefficient (Wildman–Crippen LogP) is 11.0. The summed E-state index contributed by atoms with van der Waals surface area (Å²) in [7, 11) is -1.34. The maximum absolute atomic E-state index is 6.26. The van der Waals surface area contributed by atoms with E-state index in [2.05, 4.69) is 132 Å². The minimum absolute atomic E-state index is 0. The molecule has 0 fully saturated rings. The van der Waals surface area contributed by atoms with Gasteiger partial charge in [-0.1, -0.05) is 85.4 Å². The second kappa shape index (κ2) is 15.3. The van der Waals surface area contributed by atoms with Gasteiger partial charge in [0.1, 0.15) is 0 Å². The minimum atomic E-state index is -1.34. The van der Waals surface area contributed by atoms with Gasteiger partial charge in [0.05, 0.1) is 19.4 Å². The number of hydrogen-bond acceptors (Lipinski definition) is 4. The summed E-state index contributed by atoms with van der Waals surface area (Å²) in [5.41, 5.74) is 13.7. The molecule has 1 radical (unpaired) electrons. The maximum Gasteiger partial charge on any atom is 0.216 e. The van der Waals surface area contributed by atoms with Crippen molar-refractivity contribution < 1.29 is 24.5 Å². The van der Waals surface area contributed by atoms with Gasteiger partial charge in [-0.15, -0.1) is 54.1 Å². The topological polar surface area (TPSA) is 51.8 Å². The SMILES string of the molecule is CC(C)Cc1cc(-c2[c-]cccc2)ncc1[Si](C)(C)C.Cc1ccnc(-c2[c-]ccc3c2oc2nc(-c4c(C)cc(C)cc4C)ccc23)c1.[Ir]. The van der Waals surface area contributed by atoms with Gasteiger partial charge in [0.25, 0.3) is 0 Å². The number of benzene rings is 3. The molecular weight excluding hydrogens is 807 g/mol. The zero-order valence-corrected chi connectivity index (χ0v) is 33.9. The van der Waals surface area contributed by atoms with E-state index in [9.17, 15) is 0 Å². The summed E-state index contributed by atoms with van der Waals surface area (Å²) in [5.74, 6) is 0.667. The Morgan fingerprint density at radius 2 is 1.50 bits per heavy atom. The average molecular weight is 852 g/mol. The Labute approximate surface area is 311 Å². The Morgan fingerprint density at radius 3 is 2.16 bits per heavy atom. The first-order valence-corrected chi connectivity index (χ1v) is 20.6. The number of hydrogen-bond donors (Lipinski definition) is 0. The van der Waals surface area contributed by atoms with Crippen molar-refractivity contribution in [1.29, 1.82) is 0 Å². The molecule has 0 unspecified atom stereocenters. The number of furan rings is 1. The number of rotatable bonds is 6. The largest absolute Gasteiger partial charge is 0.486 e. The van der Waals surface area contributed by atoms with Gasteiger partial charge in [0, 0.05) is 43.4 Å². The van der Waals surface area contributed by atoms with Crippen molar-refractivity contribution in [3.8, 4) is 33.8 Å². The molecule has 7 rings (SSSR count). The van der Waals surface area contributed by atoms with Crippen LogP contribution in [-0.2, 0) is 26.5 Å². The monoisotopic (exact) mass is 852 g/mol. The third-order valence-corrected chi connectivity index (χ3v) is 10.9. The molecule has 0 N–H and O–H groups in total. The van der Waals surface area contributed by atoms with Crippen LogP contribution in [0.4, 0.5) is 0 Å². The van der Waals surface area contributed by atoms with Crippen LogP contribution in [0.15, 0.2) is 95.7 Å². The summed E-state index contributed by atoms with van der Waals surface area (Å²) in [6, 6.07) is 33.5. The quantitative estimate of drug-likeness (QED) is 0.124. The molecule has 0 saturated heterocycles. The molecule has 7 aromatic rings. The van der Waals surface area contributed by atoms with Gasteiger partial charge in [0.2, 0.25) is 5.71 Å². The first-order chi connectivity index (χ1) is 23.4. The fourth-order valence-electron chi connectivity index (χ4n) is 6.69. The molecule has 4 nitrogen and oxygen atoms in total. The van der Waals surface area contributed by atoms with Crippen LogP contribution >= 0.6 is 0 Å². The molecule has 0 saturated carbocycles. The molecule has 0 aliphatic rings. The van der Waals surface area contributed by atoms with Gasteiger partial charge in [-0.2, -0.15) is 0 Å². The van der Waals surface area contributed by atoms with E-state index >= 15 is 0 Å². The second-order valence-electron chi connectivity index (χ2n) is 14.6. The van der Waals surface area contributed by atoms with E-state index in [4.69, 9.17) is 9.40 Å².